The average molecular weight is 172 g/mol. The van der Waals surface area contributed by atoms with Crippen LogP contribution in [0.15, 0.2) is 0 Å². The van der Waals surface area contributed by atoms with Crippen LogP contribution in [0.1, 0.15) is 39.0 Å². The second-order valence-corrected chi connectivity index (χ2v) is 3.11. The van der Waals surface area contributed by atoms with Gasteiger partial charge in [0, 0.05) is 13.3 Å². The lowest BCUT2D eigenvalue weighted by molar-refractivity contribution is -0.179. The summed E-state index contributed by atoms with van der Waals surface area (Å²) in [6.45, 7) is 2.14. The van der Waals surface area contributed by atoms with E-state index >= 15 is 0 Å². The van der Waals surface area contributed by atoms with Crippen molar-refractivity contribution < 1.29 is 14.3 Å². The van der Waals surface area contributed by atoms with Crippen molar-refractivity contribution in [3.8, 4) is 0 Å². The summed E-state index contributed by atoms with van der Waals surface area (Å²) in [5, 5.41) is 0. The second-order valence-electron chi connectivity index (χ2n) is 3.11. The Hall–Kier alpha value is -0.570. The van der Waals surface area contributed by atoms with E-state index < -0.39 is 0 Å². The monoisotopic (exact) mass is 172 g/mol. The quantitative estimate of drug-likeness (QED) is 0.566. The van der Waals surface area contributed by atoms with E-state index in [0.717, 1.165) is 25.9 Å². The maximum absolute atomic E-state index is 10.6. The van der Waals surface area contributed by atoms with Crippen LogP contribution in [0.5, 0.6) is 0 Å². The topological polar surface area (TPSA) is 35.5 Å². The number of esters is 1. The number of hydrogen-bond acceptors (Lipinski definition) is 3. The second kappa shape index (κ2) is 5.14. The molecule has 0 spiro atoms. The molecule has 1 aliphatic heterocycles. The third-order valence-corrected chi connectivity index (χ3v) is 1.94. The zero-order chi connectivity index (χ0) is 8.81. The Bertz CT molecular complexity index is 137. The van der Waals surface area contributed by atoms with Gasteiger partial charge in [-0.1, -0.05) is 12.8 Å². The van der Waals surface area contributed by atoms with E-state index in [4.69, 9.17) is 9.47 Å². The minimum Gasteiger partial charge on any atom is -0.436 e. The molecule has 1 saturated heterocycles. The van der Waals surface area contributed by atoms with Crippen LogP contribution in [-0.2, 0) is 14.3 Å². The van der Waals surface area contributed by atoms with Crippen molar-refractivity contribution in [3.05, 3.63) is 0 Å². The zero-order valence-corrected chi connectivity index (χ0v) is 7.54. The molecule has 0 aromatic carbocycles. The predicted octanol–water partition coefficient (Wildman–Crippen LogP) is 1.86. The van der Waals surface area contributed by atoms with E-state index in [1.807, 2.05) is 0 Å². The van der Waals surface area contributed by atoms with Gasteiger partial charge in [0.1, 0.15) is 0 Å². The van der Waals surface area contributed by atoms with Crippen LogP contribution in [0.4, 0.5) is 0 Å². The van der Waals surface area contributed by atoms with Crippen molar-refractivity contribution >= 4 is 5.97 Å². The molecule has 12 heavy (non-hydrogen) atoms. The number of ether oxygens (including phenoxy) is 2. The lowest BCUT2D eigenvalue weighted by atomic mass is 10.1. The van der Waals surface area contributed by atoms with Gasteiger partial charge in [0.05, 0.1) is 6.61 Å². The summed E-state index contributed by atoms with van der Waals surface area (Å²) >= 11 is 0. The Morgan fingerprint density at radius 2 is 2.08 bits per heavy atom. The molecule has 3 heteroatoms. The van der Waals surface area contributed by atoms with Gasteiger partial charge in [0.15, 0.2) is 0 Å². The maximum atomic E-state index is 10.6. The average Bonchev–Trinajstić information content (AvgIpc) is 1.93. The summed E-state index contributed by atoms with van der Waals surface area (Å²) in [5.41, 5.74) is 0. The van der Waals surface area contributed by atoms with E-state index in [0.29, 0.717) is 0 Å². The first-order valence-corrected chi connectivity index (χ1v) is 4.58. The molecule has 1 aliphatic rings. The lowest BCUT2D eigenvalue weighted by Crippen LogP contribution is -2.21. The molecule has 0 aromatic heterocycles. The van der Waals surface area contributed by atoms with Gasteiger partial charge in [-0.15, -0.1) is 0 Å². The first-order chi connectivity index (χ1) is 5.79. The van der Waals surface area contributed by atoms with Crippen LogP contribution in [0.3, 0.4) is 0 Å². The van der Waals surface area contributed by atoms with Crippen LogP contribution in [0.2, 0.25) is 0 Å². The van der Waals surface area contributed by atoms with Crippen molar-refractivity contribution in [1.29, 1.82) is 0 Å². The molecule has 0 unspecified atom stereocenters. The van der Waals surface area contributed by atoms with Crippen LogP contribution >= 0.6 is 0 Å². The number of hydrogen-bond donors (Lipinski definition) is 0. The molecular formula is C9H16O3. The van der Waals surface area contributed by atoms with Crippen molar-refractivity contribution in [1.82, 2.24) is 0 Å². The molecule has 0 N–H and O–H groups in total. The van der Waals surface area contributed by atoms with Crippen LogP contribution < -0.4 is 0 Å². The number of carbonyl (C=O) groups is 1. The minimum absolute atomic E-state index is 0.249. The SMILES string of the molecule is CC(=O)O[C@@H]1CCCCCCO1. The van der Waals surface area contributed by atoms with E-state index in [9.17, 15) is 4.79 Å². The van der Waals surface area contributed by atoms with Crippen LogP contribution in [-0.4, -0.2) is 18.9 Å². The normalized spacial score (nSPS) is 25.6. The van der Waals surface area contributed by atoms with E-state index in [-0.39, 0.29) is 12.3 Å². The summed E-state index contributed by atoms with van der Waals surface area (Å²) in [4.78, 5) is 10.6. The largest absolute Gasteiger partial charge is 0.436 e. The van der Waals surface area contributed by atoms with Gasteiger partial charge in [-0.25, -0.2) is 0 Å². The molecule has 0 bridgehead atoms. The lowest BCUT2D eigenvalue weighted by Gasteiger charge is -2.19. The molecule has 0 aromatic rings. The molecule has 1 fully saturated rings. The Kier molecular flexibility index (Phi) is 4.08. The molecular weight excluding hydrogens is 156 g/mol. The Morgan fingerprint density at radius 3 is 2.83 bits per heavy atom. The van der Waals surface area contributed by atoms with Crippen molar-refractivity contribution in [2.24, 2.45) is 0 Å². The number of carbonyl (C=O) groups excluding carboxylic acids is 1. The van der Waals surface area contributed by atoms with Gasteiger partial charge in [-0.2, -0.15) is 0 Å². The van der Waals surface area contributed by atoms with E-state index in [2.05, 4.69) is 0 Å². The van der Waals surface area contributed by atoms with Crippen molar-refractivity contribution in [3.63, 3.8) is 0 Å². The summed E-state index contributed by atoms with van der Waals surface area (Å²) in [5.74, 6) is -0.249. The van der Waals surface area contributed by atoms with E-state index in [1.165, 1.54) is 19.8 Å². The molecule has 0 radical (unpaired) electrons. The highest BCUT2D eigenvalue weighted by atomic mass is 16.7. The first kappa shape index (κ1) is 9.52. The summed E-state index contributed by atoms with van der Waals surface area (Å²) < 4.78 is 10.3. The van der Waals surface area contributed by atoms with Gasteiger partial charge in [-0.05, 0) is 12.8 Å². The van der Waals surface area contributed by atoms with Crippen molar-refractivity contribution in [2.45, 2.75) is 45.3 Å². The highest BCUT2D eigenvalue weighted by Crippen LogP contribution is 2.14. The molecule has 1 rings (SSSR count). The Balaban J connectivity index is 2.24. The predicted molar refractivity (Wildman–Crippen MR) is 44.6 cm³/mol. The minimum atomic E-state index is -0.289. The fourth-order valence-electron chi connectivity index (χ4n) is 1.34. The van der Waals surface area contributed by atoms with Crippen LogP contribution in [0, 0.1) is 0 Å². The van der Waals surface area contributed by atoms with Gasteiger partial charge in [0.25, 0.3) is 0 Å². The Labute approximate surface area is 73.0 Å². The maximum Gasteiger partial charge on any atom is 0.304 e. The van der Waals surface area contributed by atoms with Crippen molar-refractivity contribution in [2.75, 3.05) is 6.61 Å². The summed E-state index contributed by atoms with van der Waals surface area (Å²) in [6.07, 6.45) is 5.19. The molecule has 0 aliphatic carbocycles. The standard InChI is InChI=1S/C9H16O3/c1-8(10)12-9-6-4-2-3-5-7-11-9/h9H,2-7H2,1H3/t9-/m1/s1. The van der Waals surface area contributed by atoms with Gasteiger partial charge >= 0.3 is 5.97 Å². The smallest absolute Gasteiger partial charge is 0.304 e. The Morgan fingerprint density at radius 1 is 1.33 bits per heavy atom. The summed E-state index contributed by atoms with van der Waals surface area (Å²) in [6, 6.07) is 0. The molecule has 0 saturated carbocycles. The van der Waals surface area contributed by atoms with Gasteiger partial charge in [-0.3, -0.25) is 4.79 Å². The van der Waals surface area contributed by atoms with Crippen LogP contribution in [0.25, 0.3) is 0 Å². The highest BCUT2D eigenvalue weighted by Gasteiger charge is 2.13. The third-order valence-electron chi connectivity index (χ3n) is 1.94. The van der Waals surface area contributed by atoms with Gasteiger partial charge < -0.3 is 9.47 Å². The fraction of sp³-hybridized carbons (Fsp3) is 0.889. The highest BCUT2D eigenvalue weighted by molar-refractivity contribution is 5.66. The third kappa shape index (κ3) is 3.72. The fourth-order valence-corrected chi connectivity index (χ4v) is 1.34. The molecule has 0 amide bonds. The zero-order valence-electron chi connectivity index (χ0n) is 7.54. The first-order valence-electron chi connectivity index (χ1n) is 4.58. The molecule has 1 heterocycles. The number of rotatable bonds is 1. The molecule has 1 atom stereocenters. The van der Waals surface area contributed by atoms with Gasteiger partial charge in [0.2, 0.25) is 6.29 Å². The van der Waals surface area contributed by atoms with E-state index in [1.54, 1.807) is 0 Å². The molecule has 3 nitrogen and oxygen atoms in total. The summed E-state index contributed by atoms with van der Waals surface area (Å²) in [7, 11) is 0. The molecule has 70 valence electrons.